The van der Waals surface area contributed by atoms with E-state index in [9.17, 15) is 4.79 Å². The van der Waals surface area contributed by atoms with Gasteiger partial charge in [-0.05, 0) is 37.1 Å². The molecular formula is C19H23N3O2. The molecule has 2 aliphatic heterocycles. The molecule has 0 saturated carbocycles. The Bertz CT molecular complexity index is 722. The molecule has 0 spiro atoms. The molecule has 2 aliphatic rings. The van der Waals surface area contributed by atoms with Crippen molar-refractivity contribution in [2.45, 2.75) is 25.4 Å². The van der Waals surface area contributed by atoms with Gasteiger partial charge in [0.1, 0.15) is 0 Å². The second kappa shape index (κ2) is 6.87. The summed E-state index contributed by atoms with van der Waals surface area (Å²) >= 11 is 0. The quantitative estimate of drug-likeness (QED) is 0.866. The number of hydrogen-bond acceptors (Lipinski definition) is 4. The van der Waals surface area contributed by atoms with E-state index in [0.29, 0.717) is 13.2 Å². The van der Waals surface area contributed by atoms with Crippen molar-refractivity contribution in [2.24, 2.45) is 0 Å². The highest BCUT2D eigenvalue weighted by Crippen LogP contribution is 2.25. The molecule has 0 unspecified atom stereocenters. The van der Waals surface area contributed by atoms with Crippen LogP contribution in [0.15, 0.2) is 36.5 Å². The van der Waals surface area contributed by atoms with E-state index in [1.807, 2.05) is 23.2 Å². The normalized spacial score (nSPS) is 22.2. The summed E-state index contributed by atoms with van der Waals surface area (Å²) in [7, 11) is 0. The summed E-state index contributed by atoms with van der Waals surface area (Å²) < 4.78 is 5.37. The summed E-state index contributed by atoms with van der Waals surface area (Å²) in [6, 6.07) is 10.4. The van der Waals surface area contributed by atoms with E-state index in [0.717, 1.165) is 44.5 Å². The second-order valence-corrected chi connectivity index (χ2v) is 6.55. The van der Waals surface area contributed by atoms with Gasteiger partial charge >= 0.3 is 0 Å². The maximum Gasteiger partial charge on any atom is 0.240 e. The third-order valence-electron chi connectivity index (χ3n) is 5.08. The molecule has 2 saturated heterocycles. The lowest BCUT2D eigenvalue weighted by molar-refractivity contribution is -0.140. The Labute approximate surface area is 142 Å². The molecule has 126 valence electrons. The highest BCUT2D eigenvalue weighted by atomic mass is 16.5. The van der Waals surface area contributed by atoms with Gasteiger partial charge in [0.05, 0.1) is 24.8 Å². The lowest BCUT2D eigenvalue weighted by Crippen LogP contribution is -2.49. The minimum atomic E-state index is 0.00928. The van der Waals surface area contributed by atoms with Crippen LogP contribution in [0.1, 0.15) is 18.4 Å². The van der Waals surface area contributed by atoms with Crippen LogP contribution in [0.5, 0.6) is 0 Å². The van der Waals surface area contributed by atoms with E-state index >= 15 is 0 Å². The van der Waals surface area contributed by atoms with Gasteiger partial charge in [0.15, 0.2) is 0 Å². The van der Waals surface area contributed by atoms with Gasteiger partial charge in [-0.2, -0.15) is 0 Å². The summed E-state index contributed by atoms with van der Waals surface area (Å²) in [6.45, 7) is 4.56. The van der Waals surface area contributed by atoms with E-state index in [-0.39, 0.29) is 11.9 Å². The van der Waals surface area contributed by atoms with Crippen LogP contribution in [0.2, 0.25) is 0 Å². The Hall–Kier alpha value is -1.98. The second-order valence-electron chi connectivity index (χ2n) is 6.55. The van der Waals surface area contributed by atoms with Gasteiger partial charge < -0.3 is 9.64 Å². The Morgan fingerprint density at radius 1 is 1.17 bits per heavy atom. The van der Waals surface area contributed by atoms with Crippen molar-refractivity contribution in [1.29, 1.82) is 0 Å². The molecule has 3 heterocycles. The topological polar surface area (TPSA) is 45.7 Å². The lowest BCUT2D eigenvalue weighted by Gasteiger charge is -2.32. The van der Waals surface area contributed by atoms with Gasteiger partial charge in [0.2, 0.25) is 5.91 Å². The Kier molecular flexibility index (Phi) is 4.45. The maximum absolute atomic E-state index is 12.9. The number of pyridine rings is 1. The van der Waals surface area contributed by atoms with Crippen molar-refractivity contribution < 1.29 is 9.53 Å². The first-order valence-corrected chi connectivity index (χ1v) is 8.76. The minimum Gasteiger partial charge on any atom is -0.378 e. The van der Waals surface area contributed by atoms with Gasteiger partial charge in [0, 0.05) is 31.2 Å². The van der Waals surface area contributed by atoms with Crippen molar-refractivity contribution in [1.82, 2.24) is 14.8 Å². The molecule has 24 heavy (non-hydrogen) atoms. The standard InChI is InChI=1S/C19H23N3O2/c23-19(21-10-12-24-13-11-21)18-7-3-9-22(18)14-15-4-1-6-17-16(15)5-2-8-20-17/h1-2,4-6,8,18H,3,7,9-14H2/t18-/m0/s1. The predicted octanol–water partition coefficient (Wildman–Crippen LogP) is 2.06. The molecular weight excluding hydrogens is 302 g/mol. The highest BCUT2D eigenvalue weighted by Gasteiger charge is 2.34. The van der Waals surface area contributed by atoms with Crippen LogP contribution >= 0.6 is 0 Å². The molecule has 4 rings (SSSR count). The molecule has 5 nitrogen and oxygen atoms in total. The minimum absolute atomic E-state index is 0.00928. The van der Waals surface area contributed by atoms with Crippen LogP contribution in [-0.2, 0) is 16.1 Å². The van der Waals surface area contributed by atoms with Crippen molar-refractivity contribution in [3.63, 3.8) is 0 Å². The predicted molar refractivity (Wildman–Crippen MR) is 92.6 cm³/mol. The van der Waals surface area contributed by atoms with Crippen LogP contribution in [0, 0.1) is 0 Å². The number of rotatable bonds is 3. The number of nitrogens with zero attached hydrogens (tertiary/aromatic N) is 3. The summed E-state index contributed by atoms with van der Waals surface area (Å²) in [5.41, 5.74) is 2.27. The fraction of sp³-hybridized carbons (Fsp3) is 0.474. The molecule has 1 atom stereocenters. The zero-order valence-electron chi connectivity index (χ0n) is 13.9. The van der Waals surface area contributed by atoms with Crippen molar-refractivity contribution in [2.75, 3.05) is 32.8 Å². The van der Waals surface area contributed by atoms with Crippen LogP contribution in [0.3, 0.4) is 0 Å². The van der Waals surface area contributed by atoms with Crippen LogP contribution in [0.4, 0.5) is 0 Å². The molecule has 5 heteroatoms. The largest absolute Gasteiger partial charge is 0.378 e. The molecule has 1 amide bonds. The number of hydrogen-bond donors (Lipinski definition) is 0. The van der Waals surface area contributed by atoms with E-state index in [1.54, 1.807) is 0 Å². The monoisotopic (exact) mass is 325 g/mol. The number of carbonyl (C=O) groups is 1. The molecule has 1 aromatic heterocycles. The molecule has 0 N–H and O–H groups in total. The maximum atomic E-state index is 12.9. The van der Waals surface area contributed by atoms with Gasteiger partial charge in [-0.15, -0.1) is 0 Å². The third-order valence-corrected chi connectivity index (χ3v) is 5.08. The van der Waals surface area contributed by atoms with Gasteiger partial charge in [0.25, 0.3) is 0 Å². The van der Waals surface area contributed by atoms with Crippen molar-refractivity contribution in [3.05, 3.63) is 42.1 Å². The van der Waals surface area contributed by atoms with Gasteiger partial charge in [-0.1, -0.05) is 18.2 Å². The fourth-order valence-corrected chi connectivity index (χ4v) is 3.81. The number of morpholine rings is 1. The number of fused-ring (bicyclic) bond motifs is 1. The molecule has 0 radical (unpaired) electrons. The fourth-order valence-electron chi connectivity index (χ4n) is 3.81. The van der Waals surface area contributed by atoms with Crippen molar-refractivity contribution >= 4 is 16.8 Å². The van der Waals surface area contributed by atoms with Crippen LogP contribution in [-0.4, -0.2) is 59.6 Å². The lowest BCUT2D eigenvalue weighted by atomic mass is 10.1. The average Bonchev–Trinajstić information content (AvgIpc) is 3.10. The average molecular weight is 325 g/mol. The number of ether oxygens (including phenoxy) is 1. The number of amides is 1. The molecule has 0 bridgehead atoms. The summed E-state index contributed by atoms with van der Waals surface area (Å²) in [4.78, 5) is 21.6. The summed E-state index contributed by atoms with van der Waals surface area (Å²) in [5.74, 6) is 0.272. The first kappa shape index (κ1) is 15.5. The summed E-state index contributed by atoms with van der Waals surface area (Å²) in [5, 5.41) is 1.18. The molecule has 2 fully saturated rings. The zero-order chi connectivity index (χ0) is 16.4. The van der Waals surface area contributed by atoms with E-state index in [2.05, 4.69) is 28.1 Å². The Morgan fingerprint density at radius 3 is 2.92 bits per heavy atom. The third kappa shape index (κ3) is 3.01. The van der Waals surface area contributed by atoms with Crippen LogP contribution in [0.25, 0.3) is 10.9 Å². The van der Waals surface area contributed by atoms with Gasteiger partial charge in [-0.3, -0.25) is 14.7 Å². The Balaban J connectivity index is 1.53. The molecule has 1 aromatic carbocycles. The summed E-state index contributed by atoms with van der Waals surface area (Å²) in [6.07, 6.45) is 3.87. The first-order valence-electron chi connectivity index (χ1n) is 8.76. The zero-order valence-corrected chi connectivity index (χ0v) is 13.9. The number of aromatic nitrogens is 1. The Morgan fingerprint density at radius 2 is 2.04 bits per heavy atom. The molecule has 2 aromatic rings. The van der Waals surface area contributed by atoms with E-state index in [4.69, 9.17) is 4.74 Å². The van der Waals surface area contributed by atoms with E-state index < -0.39 is 0 Å². The highest BCUT2D eigenvalue weighted by molar-refractivity contribution is 5.83. The number of benzene rings is 1. The molecule has 0 aliphatic carbocycles. The SMILES string of the molecule is O=C([C@@H]1CCCN1Cc1cccc2ncccc12)N1CCOCC1. The first-order chi connectivity index (χ1) is 11.8. The van der Waals surface area contributed by atoms with Gasteiger partial charge in [-0.25, -0.2) is 0 Å². The van der Waals surface area contributed by atoms with Crippen LogP contribution < -0.4 is 0 Å². The number of carbonyl (C=O) groups excluding carboxylic acids is 1. The van der Waals surface area contributed by atoms with E-state index in [1.165, 1.54) is 10.9 Å². The smallest absolute Gasteiger partial charge is 0.240 e. The number of likely N-dealkylation sites (tertiary alicyclic amines) is 1. The van der Waals surface area contributed by atoms with Crippen molar-refractivity contribution in [3.8, 4) is 0 Å².